The molecule has 1 saturated heterocycles. The average Bonchev–Trinajstić information content (AvgIpc) is 2.61. The van der Waals surface area contributed by atoms with Crippen LogP contribution in [0.15, 0.2) is 18.2 Å². The highest BCUT2D eigenvalue weighted by Gasteiger charge is 2.27. The smallest absolute Gasteiger partial charge is 0.259 e. The molecule has 0 saturated carbocycles. The number of rotatable bonds is 3. The maximum atomic E-state index is 13.7. The predicted molar refractivity (Wildman–Crippen MR) is 78.3 cm³/mol. The molecule has 0 N–H and O–H groups in total. The van der Waals surface area contributed by atoms with Gasteiger partial charge in [0.25, 0.3) is 5.91 Å². The molecule has 2 amide bonds. The minimum absolute atomic E-state index is 0.0296. The molecule has 1 fully saturated rings. The summed E-state index contributed by atoms with van der Waals surface area (Å²) in [7, 11) is 0. The Kier molecular flexibility index (Phi) is 5.11. The number of amides is 2. The molecule has 1 aromatic rings. The number of benzene rings is 1. The minimum Gasteiger partial charge on any atom is -0.341 e. The Hall–Kier alpha value is -1.98. The highest BCUT2D eigenvalue weighted by Crippen LogP contribution is 2.17. The zero-order valence-corrected chi connectivity index (χ0v) is 12.8. The van der Waals surface area contributed by atoms with Gasteiger partial charge in [-0.15, -0.1) is 0 Å². The third kappa shape index (κ3) is 3.61. The molecule has 0 radical (unpaired) electrons. The van der Waals surface area contributed by atoms with Crippen molar-refractivity contribution in [2.24, 2.45) is 5.92 Å². The normalized spacial score (nSPS) is 16.1. The predicted octanol–water partition coefficient (Wildman–Crippen LogP) is 2.30. The van der Waals surface area contributed by atoms with Crippen molar-refractivity contribution in [2.75, 3.05) is 26.2 Å². The van der Waals surface area contributed by atoms with E-state index in [-0.39, 0.29) is 25.4 Å². The Labute approximate surface area is 128 Å². The van der Waals surface area contributed by atoms with Gasteiger partial charge in [-0.25, -0.2) is 8.78 Å². The van der Waals surface area contributed by atoms with Gasteiger partial charge in [0.1, 0.15) is 17.2 Å². The lowest BCUT2D eigenvalue weighted by Gasteiger charge is -2.23. The van der Waals surface area contributed by atoms with Crippen LogP contribution in [0.3, 0.4) is 0 Å². The van der Waals surface area contributed by atoms with E-state index in [1.165, 1.54) is 11.0 Å². The summed E-state index contributed by atoms with van der Waals surface area (Å²) in [6, 6.07) is 3.34. The third-order valence-electron chi connectivity index (χ3n) is 3.64. The zero-order chi connectivity index (χ0) is 16.3. The Morgan fingerprint density at radius 1 is 1.18 bits per heavy atom. The molecule has 0 atom stereocenters. The SMILES string of the molecule is CC(C)CN1CCN(C(=O)c2c(F)cccc2F)CCC1=O. The molecule has 22 heavy (non-hydrogen) atoms. The van der Waals surface area contributed by atoms with Crippen LogP contribution in [0.5, 0.6) is 0 Å². The second-order valence-corrected chi connectivity index (χ2v) is 5.87. The number of hydrogen-bond acceptors (Lipinski definition) is 2. The monoisotopic (exact) mass is 310 g/mol. The summed E-state index contributed by atoms with van der Waals surface area (Å²) in [5.41, 5.74) is -0.549. The van der Waals surface area contributed by atoms with Crippen molar-refractivity contribution in [1.29, 1.82) is 0 Å². The first kappa shape index (κ1) is 16.4. The summed E-state index contributed by atoms with van der Waals surface area (Å²) in [6.45, 7) is 5.49. The summed E-state index contributed by atoms with van der Waals surface area (Å²) in [4.78, 5) is 27.4. The van der Waals surface area contributed by atoms with E-state index in [4.69, 9.17) is 0 Å². The van der Waals surface area contributed by atoms with Gasteiger partial charge in [0, 0.05) is 32.6 Å². The summed E-state index contributed by atoms with van der Waals surface area (Å²) in [5, 5.41) is 0. The highest BCUT2D eigenvalue weighted by molar-refractivity contribution is 5.95. The van der Waals surface area contributed by atoms with Gasteiger partial charge >= 0.3 is 0 Å². The molecule has 0 aromatic heterocycles. The molecule has 1 heterocycles. The number of carbonyl (C=O) groups is 2. The Morgan fingerprint density at radius 2 is 1.82 bits per heavy atom. The van der Waals surface area contributed by atoms with Crippen LogP contribution < -0.4 is 0 Å². The summed E-state index contributed by atoms with van der Waals surface area (Å²) < 4.78 is 27.4. The molecule has 6 heteroatoms. The maximum Gasteiger partial charge on any atom is 0.259 e. The first-order chi connectivity index (χ1) is 10.4. The van der Waals surface area contributed by atoms with E-state index < -0.39 is 23.1 Å². The van der Waals surface area contributed by atoms with Crippen molar-refractivity contribution < 1.29 is 18.4 Å². The number of halogens is 2. The van der Waals surface area contributed by atoms with Crippen LogP contribution in [0.25, 0.3) is 0 Å². The third-order valence-corrected chi connectivity index (χ3v) is 3.64. The van der Waals surface area contributed by atoms with Gasteiger partial charge in [-0.05, 0) is 18.1 Å². The van der Waals surface area contributed by atoms with Gasteiger partial charge in [0.15, 0.2) is 0 Å². The fraction of sp³-hybridized carbons (Fsp3) is 0.500. The zero-order valence-electron chi connectivity index (χ0n) is 12.8. The van der Waals surface area contributed by atoms with Crippen LogP contribution in [0.4, 0.5) is 8.78 Å². The molecule has 1 aliphatic heterocycles. The molecular formula is C16H20F2N2O2. The van der Waals surface area contributed by atoms with Crippen LogP contribution in [0.1, 0.15) is 30.6 Å². The van der Waals surface area contributed by atoms with E-state index in [1.807, 2.05) is 13.8 Å². The van der Waals surface area contributed by atoms with Gasteiger partial charge in [-0.3, -0.25) is 9.59 Å². The lowest BCUT2D eigenvalue weighted by atomic mass is 10.1. The molecule has 4 nitrogen and oxygen atoms in total. The molecule has 120 valence electrons. The first-order valence-corrected chi connectivity index (χ1v) is 7.41. The van der Waals surface area contributed by atoms with Gasteiger partial charge in [-0.2, -0.15) is 0 Å². The Bertz CT molecular complexity index is 555. The van der Waals surface area contributed by atoms with Crippen LogP contribution in [-0.2, 0) is 4.79 Å². The minimum atomic E-state index is -0.875. The van der Waals surface area contributed by atoms with Crippen LogP contribution >= 0.6 is 0 Å². The molecule has 0 spiro atoms. The lowest BCUT2D eigenvalue weighted by molar-refractivity contribution is -0.130. The van der Waals surface area contributed by atoms with E-state index >= 15 is 0 Å². The topological polar surface area (TPSA) is 40.6 Å². The molecule has 1 aromatic carbocycles. The molecular weight excluding hydrogens is 290 g/mol. The molecule has 0 unspecified atom stereocenters. The molecule has 0 aliphatic carbocycles. The van der Waals surface area contributed by atoms with Gasteiger partial charge < -0.3 is 9.80 Å². The summed E-state index contributed by atoms with van der Waals surface area (Å²) in [6.07, 6.45) is 0.175. The molecule has 0 bridgehead atoms. The summed E-state index contributed by atoms with van der Waals surface area (Å²) in [5.74, 6) is -2.15. The van der Waals surface area contributed by atoms with E-state index in [2.05, 4.69) is 0 Å². The number of carbonyl (C=O) groups excluding carboxylic acids is 2. The number of hydrogen-bond donors (Lipinski definition) is 0. The van der Waals surface area contributed by atoms with E-state index in [1.54, 1.807) is 4.90 Å². The standard InChI is InChI=1S/C16H20F2N2O2/c1-11(2)10-20-9-8-19(7-6-14(20)21)16(22)15-12(17)4-3-5-13(15)18/h3-5,11H,6-10H2,1-2H3. The number of nitrogens with zero attached hydrogens (tertiary/aromatic N) is 2. The quantitative estimate of drug-likeness (QED) is 0.859. The lowest BCUT2D eigenvalue weighted by Crippen LogP contribution is -2.37. The van der Waals surface area contributed by atoms with Crippen molar-refractivity contribution in [2.45, 2.75) is 20.3 Å². The van der Waals surface area contributed by atoms with Gasteiger partial charge in [0.2, 0.25) is 5.91 Å². The van der Waals surface area contributed by atoms with Crippen molar-refractivity contribution in [3.8, 4) is 0 Å². The van der Waals surface area contributed by atoms with Crippen LogP contribution in [-0.4, -0.2) is 47.8 Å². The molecule has 2 rings (SSSR count). The highest BCUT2D eigenvalue weighted by atomic mass is 19.1. The fourth-order valence-corrected chi connectivity index (χ4v) is 2.56. The van der Waals surface area contributed by atoms with Crippen LogP contribution in [0, 0.1) is 17.6 Å². The van der Waals surface area contributed by atoms with E-state index in [0.29, 0.717) is 19.0 Å². The van der Waals surface area contributed by atoms with E-state index in [9.17, 15) is 18.4 Å². The first-order valence-electron chi connectivity index (χ1n) is 7.41. The van der Waals surface area contributed by atoms with Gasteiger partial charge in [0.05, 0.1) is 0 Å². The Balaban J connectivity index is 2.14. The van der Waals surface area contributed by atoms with Crippen LogP contribution in [0.2, 0.25) is 0 Å². The fourth-order valence-electron chi connectivity index (χ4n) is 2.56. The van der Waals surface area contributed by atoms with E-state index in [0.717, 1.165) is 12.1 Å². The van der Waals surface area contributed by atoms with Crippen molar-refractivity contribution in [3.05, 3.63) is 35.4 Å². The van der Waals surface area contributed by atoms with Gasteiger partial charge in [-0.1, -0.05) is 19.9 Å². The second kappa shape index (κ2) is 6.85. The van der Waals surface area contributed by atoms with Crippen molar-refractivity contribution >= 4 is 11.8 Å². The van der Waals surface area contributed by atoms with Crippen molar-refractivity contribution in [3.63, 3.8) is 0 Å². The average molecular weight is 310 g/mol. The maximum absolute atomic E-state index is 13.7. The summed E-state index contributed by atoms with van der Waals surface area (Å²) >= 11 is 0. The largest absolute Gasteiger partial charge is 0.341 e. The Morgan fingerprint density at radius 3 is 2.41 bits per heavy atom. The second-order valence-electron chi connectivity index (χ2n) is 5.87. The molecule has 1 aliphatic rings. The van der Waals surface area contributed by atoms with Crippen molar-refractivity contribution in [1.82, 2.24) is 9.80 Å².